The molecule has 22 heavy (non-hydrogen) atoms. The van der Waals surface area contributed by atoms with E-state index in [1.807, 2.05) is 18.2 Å². The first-order chi connectivity index (χ1) is 10.7. The molecule has 1 saturated heterocycles. The average Bonchev–Trinajstić information content (AvgIpc) is 2.96. The van der Waals surface area contributed by atoms with Crippen molar-refractivity contribution in [1.29, 1.82) is 0 Å². The standard InChI is InChI=1S/C15H17N5O2/c21-14-7-2-1-6-12(18-14)15(22)17-11-5-3-4-10(8-11)13-9-16-20-19-13/h3-5,8-9,12H,1-2,6-7H2,(H,17,22)(H,18,21)(H,16,19,20)/t12-/m0/s1. The summed E-state index contributed by atoms with van der Waals surface area (Å²) in [6, 6.07) is 6.89. The third-order valence-corrected chi connectivity index (χ3v) is 3.64. The highest BCUT2D eigenvalue weighted by Gasteiger charge is 2.23. The molecule has 2 aromatic rings. The third-order valence-electron chi connectivity index (χ3n) is 3.64. The number of carbonyl (C=O) groups excluding carboxylic acids is 2. The van der Waals surface area contributed by atoms with Gasteiger partial charge >= 0.3 is 0 Å². The van der Waals surface area contributed by atoms with Crippen LogP contribution in [0.3, 0.4) is 0 Å². The molecule has 1 aliphatic heterocycles. The van der Waals surface area contributed by atoms with Crippen LogP contribution in [-0.4, -0.2) is 33.3 Å². The van der Waals surface area contributed by atoms with Gasteiger partial charge in [0.15, 0.2) is 0 Å². The van der Waals surface area contributed by atoms with E-state index in [1.165, 1.54) is 0 Å². The first-order valence-corrected chi connectivity index (χ1v) is 7.29. The maximum Gasteiger partial charge on any atom is 0.246 e. The van der Waals surface area contributed by atoms with Gasteiger partial charge in [-0.25, -0.2) is 0 Å². The highest BCUT2D eigenvalue weighted by Crippen LogP contribution is 2.20. The van der Waals surface area contributed by atoms with Gasteiger partial charge in [-0.05, 0) is 25.0 Å². The van der Waals surface area contributed by atoms with Gasteiger partial charge in [-0.15, -0.1) is 0 Å². The van der Waals surface area contributed by atoms with Crippen LogP contribution in [0.5, 0.6) is 0 Å². The molecule has 1 aromatic heterocycles. The minimum atomic E-state index is -0.467. The fourth-order valence-electron chi connectivity index (χ4n) is 2.50. The second-order valence-corrected chi connectivity index (χ2v) is 5.29. The molecule has 0 saturated carbocycles. The number of amides is 2. The van der Waals surface area contributed by atoms with Crippen molar-refractivity contribution in [3.8, 4) is 11.3 Å². The van der Waals surface area contributed by atoms with Crippen molar-refractivity contribution in [3.05, 3.63) is 30.5 Å². The number of rotatable bonds is 3. The van der Waals surface area contributed by atoms with Crippen molar-refractivity contribution < 1.29 is 9.59 Å². The lowest BCUT2D eigenvalue weighted by Gasteiger charge is -2.15. The summed E-state index contributed by atoms with van der Waals surface area (Å²) in [5, 5.41) is 16.0. The van der Waals surface area contributed by atoms with E-state index in [9.17, 15) is 9.59 Å². The molecule has 2 heterocycles. The molecule has 0 radical (unpaired) electrons. The molecule has 3 rings (SSSR count). The molecule has 0 spiro atoms. The molecule has 1 aromatic carbocycles. The molecule has 1 aliphatic rings. The Morgan fingerprint density at radius 3 is 3.05 bits per heavy atom. The Hall–Kier alpha value is -2.70. The molecule has 0 aliphatic carbocycles. The lowest BCUT2D eigenvalue weighted by molar-refractivity contribution is -0.125. The summed E-state index contributed by atoms with van der Waals surface area (Å²) in [5.41, 5.74) is 2.24. The van der Waals surface area contributed by atoms with Crippen molar-refractivity contribution in [3.63, 3.8) is 0 Å². The zero-order valence-corrected chi connectivity index (χ0v) is 12.0. The van der Waals surface area contributed by atoms with Crippen LogP contribution in [0.4, 0.5) is 5.69 Å². The maximum absolute atomic E-state index is 12.3. The van der Waals surface area contributed by atoms with Gasteiger partial charge in [-0.2, -0.15) is 15.4 Å². The van der Waals surface area contributed by atoms with E-state index in [0.29, 0.717) is 24.2 Å². The van der Waals surface area contributed by atoms with E-state index in [-0.39, 0.29) is 11.8 Å². The number of anilines is 1. The number of hydrogen-bond donors (Lipinski definition) is 3. The van der Waals surface area contributed by atoms with Crippen LogP contribution in [0.25, 0.3) is 11.3 Å². The normalized spacial score (nSPS) is 18.4. The summed E-state index contributed by atoms with van der Waals surface area (Å²) < 4.78 is 0. The number of aromatic nitrogens is 3. The van der Waals surface area contributed by atoms with Gasteiger partial charge in [0.2, 0.25) is 11.8 Å². The van der Waals surface area contributed by atoms with E-state index >= 15 is 0 Å². The van der Waals surface area contributed by atoms with E-state index in [0.717, 1.165) is 18.4 Å². The number of carbonyl (C=O) groups is 2. The first kappa shape index (κ1) is 14.2. The monoisotopic (exact) mass is 299 g/mol. The molecule has 7 heteroatoms. The molecular weight excluding hydrogens is 282 g/mol. The van der Waals surface area contributed by atoms with Crippen molar-refractivity contribution in [2.24, 2.45) is 0 Å². The Morgan fingerprint density at radius 2 is 2.23 bits per heavy atom. The minimum absolute atomic E-state index is 0.0611. The van der Waals surface area contributed by atoms with Crippen molar-refractivity contribution in [1.82, 2.24) is 20.7 Å². The summed E-state index contributed by atoms with van der Waals surface area (Å²) in [7, 11) is 0. The number of hydrogen-bond acceptors (Lipinski definition) is 4. The molecule has 2 amide bonds. The van der Waals surface area contributed by atoms with Gasteiger partial charge in [0.25, 0.3) is 0 Å². The Labute approximate surface area is 127 Å². The summed E-state index contributed by atoms with van der Waals surface area (Å²) in [6.07, 6.45) is 4.48. The lowest BCUT2D eigenvalue weighted by Crippen LogP contribution is -2.42. The molecular formula is C15H17N5O2. The Morgan fingerprint density at radius 1 is 1.32 bits per heavy atom. The van der Waals surface area contributed by atoms with Crippen LogP contribution in [-0.2, 0) is 9.59 Å². The van der Waals surface area contributed by atoms with Crippen LogP contribution in [0.1, 0.15) is 25.7 Å². The van der Waals surface area contributed by atoms with Crippen LogP contribution in [0, 0.1) is 0 Å². The molecule has 1 fully saturated rings. The van der Waals surface area contributed by atoms with Crippen LogP contribution >= 0.6 is 0 Å². The molecule has 0 bridgehead atoms. The van der Waals surface area contributed by atoms with E-state index in [4.69, 9.17) is 0 Å². The SMILES string of the molecule is O=C1CCCC[C@@H](C(=O)Nc2cccc(-c3cn[nH]n3)c2)N1. The lowest BCUT2D eigenvalue weighted by atomic mass is 10.1. The number of nitrogens with one attached hydrogen (secondary N) is 3. The van der Waals surface area contributed by atoms with Gasteiger partial charge in [-0.3, -0.25) is 9.59 Å². The van der Waals surface area contributed by atoms with Gasteiger partial charge in [-0.1, -0.05) is 18.6 Å². The fraction of sp³-hybridized carbons (Fsp3) is 0.333. The summed E-state index contributed by atoms with van der Waals surface area (Å²) in [6.45, 7) is 0. The quantitative estimate of drug-likeness (QED) is 0.799. The highest BCUT2D eigenvalue weighted by atomic mass is 16.2. The van der Waals surface area contributed by atoms with Gasteiger partial charge in [0.1, 0.15) is 11.7 Å². The molecule has 7 nitrogen and oxygen atoms in total. The van der Waals surface area contributed by atoms with Crippen molar-refractivity contribution in [2.75, 3.05) is 5.32 Å². The Balaban J connectivity index is 1.71. The van der Waals surface area contributed by atoms with E-state index in [2.05, 4.69) is 26.0 Å². The van der Waals surface area contributed by atoms with Crippen molar-refractivity contribution >= 4 is 17.5 Å². The van der Waals surface area contributed by atoms with Gasteiger partial charge < -0.3 is 10.6 Å². The largest absolute Gasteiger partial charge is 0.344 e. The summed E-state index contributed by atoms with van der Waals surface area (Å²) >= 11 is 0. The van der Waals surface area contributed by atoms with Crippen LogP contribution in [0.2, 0.25) is 0 Å². The maximum atomic E-state index is 12.3. The highest BCUT2D eigenvalue weighted by molar-refractivity contribution is 5.97. The number of nitrogens with zero attached hydrogens (tertiary/aromatic N) is 2. The molecule has 114 valence electrons. The smallest absolute Gasteiger partial charge is 0.246 e. The predicted molar refractivity (Wildman–Crippen MR) is 80.8 cm³/mol. The zero-order chi connectivity index (χ0) is 15.4. The number of aromatic amines is 1. The summed E-state index contributed by atoms with van der Waals surface area (Å²) in [5.74, 6) is -0.249. The van der Waals surface area contributed by atoms with Gasteiger partial charge in [0, 0.05) is 17.7 Å². The van der Waals surface area contributed by atoms with Crippen LogP contribution in [0.15, 0.2) is 30.5 Å². The minimum Gasteiger partial charge on any atom is -0.344 e. The third kappa shape index (κ3) is 3.30. The summed E-state index contributed by atoms with van der Waals surface area (Å²) in [4.78, 5) is 23.9. The van der Waals surface area contributed by atoms with E-state index < -0.39 is 6.04 Å². The second-order valence-electron chi connectivity index (χ2n) is 5.29. The molecule has 3 N–H and O–H groups in total. The molecule has 1 atom stereocenters. The second kappa shape index (κ2) is 6.38. The Kier molecular flexibility index (Phi) is 4.13. The predicted octanol–water partition coefficient (Wildman–Crippen LogP) is 1.47. The number of H-pyrrole nitrogens is 1. The average molecular weight is 299 g/mol. The van der Waals surface area contributed by atoms with Gasteiger partial charge in [0.05, 0.1) is 6.20 Å². The van der Waals surface area contributed by atoms with Crippen molar-refractivity contribution in [2.45, 2.75) is 31.7 Å². The Bertz CT molecular complexity index is 668. The van der Waals surface area contributed by atoms with Crippen LogP contribution < -0.4 is 10.6 Å². The number of benzene rings is 1. The first-order valence-electron chi connectivity index (χ1n) is 7.29. The molecule has 0 unspecified atom stereocenters. The van der Waals surface area contributed by atoms with E-state index in [1.54, 1.807) is 12.3 Å². The topological polar surface area (TPSA) is 99.8 Å². The zero-order valence-electron chi connectivity index (χ0n) is 12.0. The fourth-order valence-corrected chi connectivity index (χ4v) is 2.50.